The Balaban J connectivity index is 1.63. The molecule has 1 unspecified atom stereocenters. The Labute approximate surface area is 177 Å². The maximum Gasteiger partial charge on any atom is 0.409 e. The second-order valence-corrected chi connectivity index (χ2v) is 7.08. The number of piperazine rings is 1. The molecule has 0 radical (unpaired) electrons. The van der Waals surface area contributed by atoms with E-state index in [0.29, 0.717) is 25.4 Å². The van der Waals surface area contributed by atoms with Gasteiger partial charge in [-0.05, 0) is 43.7 Å². The van der Waals surface area contributed by atoms with Crippen LogP contribution in [0.15, 0.2) is 53.2 Å². The first kappa shape index (κ1) is 21.2. The number of carbonyl (C=O) groups excluding carboxylic acids is 1. The summed E-state index contributed by atoms with van der Waals surface area (Å²) in [7, 11) is 0. The molecular weight excluding hydrogens is 382 g/mol. The fourth-order valence-electron chi connectivity index (χ4n) is 3.31. The Hall–Kier alpha value is -3.47. The lowest BCUT2D eigenvalue weighted by molar-refractivity contribution is 0.105. The van der Waals surface area contributed by atoms with E-state index in [4.69, 9.17) is 14.7 Å². The molecule has 0 bridgehead atoms. The van der Waals surface area contributed by atoms with Crippen molar-refractivity contribution in [3.8, 4) is 6.19 Å². The number of carbonyl (C=O) groups is 1. The van der Waals surface area contributed by atoms with Crippen molar-refractivity contribution in [2.24, 2.45) is 10.9 Å². The molecule has 0 aromatic heterocycles. The zero-order valence-corrected chi connectivity index (χ0v) is 17.4. The molecule has 1 heterocycles. The first-order chi connectivity index (χ1) is 14.6. The molecule has 1 atom stereocenters. The third-order valence-electron chi connectivity index (χ3n) is 5.00. The highest BCUT2D eigenvalue weighted by Crippen LogP contribution is 2.24. The Kier molecular flexibility index (Phi) is 7.33. The van der Waals surface area contributed by atoms with Gasteiger partial charge in [-0.1, -0.05) is 19.1 Å². The van der Waals surface area contributed by atoms with Crippen molar-refractivity contribution < 1.29 is 14.3 Å². The Bertz CT molecular complexity index is 862. The minimum atomic E-state index is -0.253. The number of aliphatic imine (C=N–C) groups is 1. The predicted molar refractivity (Wildman–Crippen MR) is 115 cm³/mol. The lowest BCUT2D eigenvalue weighted by Crippen LogP contribution is -2.48. The number of nitriles is 1. The van der Waals surface area contributed by atoms with Crippen molar-refractivity contribution in [3.63, 3.8) is 0 Å². The van der Waals surface area contributed by atoms with Gasteiger partial charge in [0.15, 0.2) is 6.19 Å². The molecule has 1 aliphatic heterocycles. The molecule has 158 valence electrons. The lowest BCUT2D eigenvalue weighted by Gasteiger charge is -2.35. The first-order valence-electron chi connectivity index (χ1n) is 10.2. The number of hydrogen-bond acceptors (Lipinski definition) is 6. The van der Waals surface area contributed by atoms with E-state index in [-0.39, 0.29) is 18.0 Å². The van der Waals surface area contributed by atoms with E-state index in [2.05, 4.69) is 28.2 Å². The highest BCUT2D eigenvalue weighted by atomic mass is 16.6. The monoisotopic (exact) mass is 409 g/mol. The average molecular weight is 409 g/mol. The third-order valence-corrected chi connectivity index (χ3v) is 5.00. The second-order valence-electron chi connectivity index (χ2n) is 7.08. The summed E-state index contributed by atoms with van der Waals surface area (Å²) in [6.07, 6.45) is 8.43. The first-order valence-corrected chi connectivity index (χ1v) is 10.2. The van der Waals surface area contributed by atoms with Crippen LogP contribution in [0.1, 0.15) is 20.3 Å². The number of allylic oxidation sites excluding steroid dienone is 4. The highest BCUT2D eigenvalue weighted by molar-refractivity contribution is 5.79. The summed E-state index contributed by atoms with van der Waals surface area (Å²) in [6, 6.07) is 7.88. The molecule has 30 heavy (non-hydrogen) atoms. The van der Waals surface area contributed by atoms with Gasteiger partial charge in [0.1, 0.15) is 5.76 Å². The fourth-order valence-corrected chi connectivity index (χ4v) is 3.31. The molecule has 8 nitrogen and oxygen atoms in total. The molecule has 1 N–H and O–H groups in total. The number of rotatable bonds is 4. The van der Waals surface area contributed by atoms with Crippen molar-refractivity contribution in [3.05, 3.63) is 48.3 Å². The number of benzene rings is 1. The van der Waals surface area contributed by atoms with E-state index >= 15 is 0 Å². The van der Waals surface area contributed by atoms with Crippen molar-refractivity contribution in [1.29, 1.82) is 5.26 Å². The summed E-state index contributed by atoms with van der Waals surface area (Å²) in [6.45, 7) is 7.01. The molecule has 1 aromatic rings. The second kappa shape index (κ2) is 10.3. The maximum atomic E-state index is 11.8. The number of amidine groups is 1. The minimum Gasteiger partial charge on any atom is -0.450 e. The zero-order chi connectivity index (χ0) is 21.3. The van der Waals surface area contributed by atoms with Gasteiger partial charge in [0, 0.05) is 37.8 Å². The van der Waals surface area contributed by atoms with Crippen molar-refractivity contribution in [2.45, 2.75) is 20.3 Å². The maximum absolute atomic E-state index is 11.8. The molecule has 1 aliphatic carbocycles. The van der Waals surface area contributed by atoms with Gasteiger partial charge < -0.3 is 19.3 Å². The summed E-state index contributed by atoms with van der Waals surface area (Å²) in [5.41, 5.74) is 1.74. The van der Waals surface area contributed by atoms with Crippen LogP contribution in [0.3, 0.4) is 0 Å². The number of anilines is 1. The average Bonchev–Trinajstić information content (AvgIpc) is 2.76. The molecule has 3 rings (SSSR count). The van der Waals surface area contributed by atoms with Gasteiger partial charge in [0.05, 0.1) is 12.3 Å². The molecule has 1 saturated heterocycles. The summed E-state index contributed by atoms with van der Waals surface area (Å²) < 4.78 is 10.9. The van der Waals surface area contributed by atoms with Gasteiger partial charge in [0.25, 0.3) is 0 Å². The summed E-state index contributed by atoms with van der Waals surface area (Å²) in [5, 5.41) is 11.5. The van der Waals surface area contributed by atoms with Crippen molar-refractivity contribution in [1.82, 2.24) is 10.2 Å². The van der Waals surface area contributed by atoms with Crippen LogP contribution in [0.5, 0.6) is 0 Å². The SMILES string of the molecule is CCOC(=O)N1CCN(c2ccc(N=C(NC#N)OC3=CC=CCC3C)cc2)CC1. The largest absolute Gasteiger partial charge is 0.450 e. The molecule has 2 aliphatic rings. The smallest absolute Gasteiger partial charge is 0.409 e. The van der Waals surface area contributed by atoms with Crippen molar-refractivity contribution >= 4 is 23.5 Å². The molecule has 0 saturated carbocycles. The third kappa shape index (κ3) is 5.54. The number of hydrogen-bond donors (Lipinski definition) is 1. The van der Waals surface area contributed by atoms with E-state index in [0.717, 1.165) is 31.0 Å². The normalized spacial score (nSPS) is 19.0. The quantitative estimate of drug-likeness (QED) is 0.354. The Morgan fingerprint density at radius 2 is 2.00 bits per heavy atom. The van der Waals surface area contributed by atoms with Crippen LogP contribution in [0, 0.1) is 17.4 Å². The van der Waals surface area contributed by atoms with E-state index < -0.39 is 0 Å². The number of nitrogens with zero attached hydrogens (tertiary/aromatic N) is 4. The standard InChI is InChI=1S/C22H27N5O3/c1-3-29-22(28)27-14-12-26(13-15-27)19-10-8-18(9-11-19)25-21(24-16-23)30-20-7-5-4-6-17(20)2/h4-5,7-11,17H,3,6,12-15H2,1-2H3,(H,24,25). The van der Waals surface area contributed by atoms with Crippen LogP contribution < -0.4 is 10.2 Å². The van der Waals surface area contributed by atoms with Crippen LogP contribution in [0.2, 0.25) is 0 Å². The van der Waals surface area contributed by atoms with E-state index in [9.17, 15) is 4.79 Å². The molecule has 0 spiro atoms. The van der Waals surface area contributed by atoms with Gasteiger partial charge in [-0.25, -0.2) is 10.1 Å². The van der Waals surface area contributed by atoms with E-state index in [1.165, 1.54) is 0 Å². The molecule has 1 fully saturated rings. The van der Waals surface area contributed by atoms with Gasteiger partial charge >= 0.3 is 12.1 Å². The Morgan fingerprint density at radius 1 is 1.27 bits per heavy atom. The molecule has 1 amide bonds. The number of nitrogens with one attached hydrogen (secondary N) is 1. The molecular formula is C22H27N5O3. The van der Waals surface area contributed by atoms with Gasteiger partial charge in [-0.15, -0.1) is 0 Å². The highest BCUT2D eigenvalue weighted by Gasteiger charge is 2.22. The van der Waals surface area contributed by atoms with Crippen LogP contribution in [0.4, 0.5) is 16.2 Å². The summed E-state index contributed by atoms with van der Waals surface area (Å²) in [4.78, 5) is 20.2. The van der Waals surface area contributed by atoms with Gasteiger partial charge in [0.2, 0.25) is 0 Å². The van der Waals surface area contributed by atoms with Crippen LogP contribution in [-0.2, 0) is 9.47 Å². The van der Waals surface area contributed by atoms with E-state index in [1.807, 2.05) is 49.5 Å². The predicted octanol–water partition coefficient (Wildman–Crippen LogP) is 3.52. The molecule has 1 aromatic carbocycles. The minimum absolute atomic E-state index is 0.154. The van der Waals surface area contributed by atoms with Gasteiger partial charge in [-0.3, -0.25) is 0 Å². The fraction of sp³-hybridized carbons (Fsp3) is 0.409. The molecule has 8 heteroatoms. The van der Waals surface area contributed by atoms with Crippen LogP contribution in [-0.4, -0.2) is 49.8 Å². The van der Waals surface area contributed by atoms with Crippen LogP contribution >= 0.6 is 0 Å². The van der Waals surface area contributed by atoms with Crippen molar-refractivity contribution in [2.75, 3.05) is 37.7 Å². The zero-order valence-electron chi connectivity index (χ0n) is 17.4. The summed E-state index contributed by atoms with van der Waals surface area (Å²) >= 11 is 0. The lowest BCUT2D eigenvalue weighted by atomic mass is 10.0. The Morgan fingerprint density at radius 3 is 2.63 bits per heavy atom. The number of ether oxygens (including phenoxy) is 2. The summed E-state index contributed by atoms with van der Waals surface area (Å²) in [5.74, 6) is 1.01. The number of amides is 1. The van der Waals surface area contributed by atoms with Crippen LogP contribution in [0.25, 0.3) is 0 Å². The van der Waals surface area contributed by atoms with Gasteiger partial charge in [-0.2, -0.15) is 10.3 Å². The topological polar surface area (TPSA) is 90.2 Å². The van der Waals surface area contributed by atoms with E-state index in [1.54, 1.807) is 4.90 Å².